The van der Waals surface area contributed by atoms with E-state index in [1.807, 2.05) is 0 Å². The van der Waals surface area contributed by atoms with E-state index in [1.54, 1.807) is 0 Å². The van der Waals surface area contributed by atoms with Gasteiger partial charge in [-0.2, -0.15) is 26.3 Å². The normalized spacial score (nSPS) is 17.8. The van der Waals surface area contributed by atoms with E-state index >= 15 is 0 Å². The van der Waals surface area contributed by atoms with Crippen LogP contribution in [0.15, 0.2) is 30.5 Å². The summed E-state index contributed by atoms with van der Waals surface area (Å²) in [5.41, 5.74) is 5.10. The molecule has 30 heavy (non-hydrogen) atoms. The van der Waals surface area contributed by atoms with E-state index in [4.69, 9.17) is 5.73 Å². The van der Waals surface area contributed by atoms with Gasteiger partial charge in [0.05, 0.1) is 17.5 Å². The van der Waals surface area contributed by atoms with Crippen molar-refractivity contribution in [2.24, 2.45) is 0 Å². The van der Waals surface area contributed by atoms with E-state index in [1.165, 1.54) is 17.2 Å². The molecule has 0 amide bonds. The highest BCUT2D eigenvalue weighted by Gasteiger charge is 2.38. The Labute approximate surface area is 167 Å². The average Bonchev–Trinajstić information content (AvgIpc) is 2.65. The van der Waals surface area contributed by atoms with Gasteiger partial charge in [-0.15, -0.1) is 0 Å². The van der Waals surface area contributed by atoms with Crippen molar-refractivity contribution in [3.05, 3.63) is 47.3 Å². The van der Waals surface area contributed by atoms with Crippen molar-refractivity contribution >= 4 is 17.4 Å². The maximum absolute atomic E-state index is 13.4. The zero-order valence-corrected chi connectivity index (χ0v) is 15.3. The number of aromatic nitrogens is 2. The summed E-state index contributed by atoms with van der Waals surface area (Å²) in [6, 6.07) is 3.22. The van der Waals surface area contributed by atoms with E-state index in [0.29, 0.717) is 6.07 Å². The van der Waals surface area contributed by atoms with Crippen LogP contribution in [0.1, 0.15) is 28.0 Å². The molecule has 3 rings (SSSR count). The van der Waals surface area contributed by atoms with Crippen molar-refractivity contribution in [3.63, 3.8) is 0 Å². The third kappa shape index (κ3) is 4.99. The van der Waals surface area contributed by atoms with Gasteiger partial charge >= 0.3 is 12.4 Å². The lowest BCUT2D eigenvalue weighted by Crippen LogP contribution is -2.52. The highest BCUT2D eigenvalue weighted by molar-refractivity contribution is 6.11. The summed E-state index contributed by atoms with van der Waals surface area (Å²) < 4.78 is 78.4. The highest BCUT2D eigenvalue weighted by Crippen LogP contribution is 2.34. The van der Waals surface area contributed by atoms with Gasteiger partial charge in [0, 0.05) is 31.9 Å². The molecule has 12 heteroatoms. The summed E-state index contributed by atoms with van der Waals surface area (Å²) in [4.78, 5) is 21.5. The largest absolute Gasteiger partial charge is 0.418 e. The second-order valence-corrected chi connectivity index (χ2v) is 6.71. The van der Waals surface area contributed by atoms with Crippen LogP contribution in [-0.4, -0.2) is 47.6 Å². The molecule has 1 unspecified atom stereocenters. The lowest BCUT2D eigenvalue weighted by Gasteiger charge is -2.35. The first-order chi connectivity index (χ1) is 14.0. The second kappa shape index (κ2) is 8.09. The number of ketones is 1. The van der Waals surface area contributed by atoms with Crippen LogP contribution < -0.4 is 16.0 Å². The third-order valence-electron chi connectivity index (χ3n) is 4.51. The molecule has 2 aromatic heterocycles. The number of halogens is 6. The summed E-state index contributed by atoms with van der Waals surface area (Å²) in [7, 11) is 0. The predicted octanol–water partition coefficient (Wildman–Crippen LogP) is 3.37. The Morgan fingerprint density at radius 2 is 1.93 bits per heavy atom. The maximum Gasteiger partial charge on any atom is 0.418 e. The smallest absolute Gasteiger partial charge is 0.354 e. The number of hydrogen-bond acceptors (Lipinski definition) is 5. The van der Waals surface area contributed by atoms with Crippen molar-refractivity contribution < 1.29 is 31.1 Å². The van der Waals surface area contributed by atoms with Gasteiger partial charge in [-0.05, 0) is 24.3 Å². The molecule has 3 heterocycles. The molecule has 2 N–H and O–H groups in total. The van der Waals surface area contributed by atoms with E-state index in [9.17, 15) is 31.1 Å². The van der Waals surface area contributed by atoms with Crippen molar-refractivity contribution in [3.8, 4) is 0 Å². The Hall–Kier alpha value is -2.89. The van der Waals surface area contributed by atoms with Gasteiger partial charge < -0.3 is 10.2 Å². The van der Waals surface area contributed by atoms with Crippen LogP contribution >= 0.6 is 0 Å². The number of anilines is 1. The second-order valence-electron chi connectivity index (χ2n) is 6.71. The van der Waals surface area contributed by atoms with Gasteiger partial charge in [0.2, 0.25) is 5.78 Å². The van der Waals surface area contributed by atoms with E-state index in [-0.39, 0.29) is 31.0 Å². The Morgan fingerprint density at radius 1 is 1.20 bits per heavy atom. The first kappa shape index (κ1) is 21.8. The molecular weight excluding hydrogens is 416 g/mol. The molecule has 2 aromatic rings. The molecule has 1 atom stereocenters. The quantitative estimate of drug-likeness (QED) is 0.592. The SMILES string of the molecule is [NH]c1ncccc1C(=O)c1nc(N2CCNC(CC(F)(F)F)C2)ccc1C(F)(F)F. The van der Waals surface area contributed by atoms with E-state index in [0.717, 1.165) is 12.1 Å². The van der Waals surface area contributed by atoms with Crippen LogP contribution in [0.3, 0.4) is 0 Å². The summed E-state index contributed by atoms with van der Waals surface area (Å²) in [5.74, 6) is -1.69. The minimum atomic E-state index is -4.89. The monoisotopic (exact) mass is 432 g/mol. The number of rotatable bonds is 4. The zero-order chi connectivity index (χ0) is 22.1. The fraction of sp³-hybridized carbons (Fsp3) is 0.389. The van der Waals surface area contributed by atoms with Crippen molar-refractivity contribution in [2.75, 3.05) is 24.5 Å². The Kier molecular flexibility index (Phi) is 5.88. The minimum absolute atomic E-state index is 0.0459. The molecule has 1 aliphatic heterocycles. The molecule has 0 aromatic carbocycles. The molecule has 1 fully saturated rings. The zero-order valence-electron chi connectivity index (χ0n) is 15.3. The lowest BCUT2D eigenvalue weighted by atomic mass is 10.0. The van der Waals surface area contributed by atoms with E-state index < -0.39 is 47.7 Å². The van der Waals surface area contributed by atoms with Gasteiger partial charge in [0.15, 0.2) is 5.82 Å². The predicted molar refractivity (Wildman–Crippen MR) is 94.3 cm³/mol. The van der Waals surface area contributed by atoms with Gasteiger partial charge in [0.1, 0.15) is 11.5 Å². The average molecular weight is 432 g/mol. The maximum atomic E-state index is 13.4. The number of nitrogens with zero attached hydrogens (tertiary/aromatic N) is 3. The van der Waals surface area contributed by atoms with Gasteiger partial charge in [-0.3, -0.25) is 10.5 Å². The molecule has 161 valence electrons. The van der Waals surface area contributed by atoms with Crippen molar-refractivity contribution in [2.45, 2.75) is 24.8 Å². The number of nitrogens with one attached hydrogen (secondary N) is 2. The highest BCUT2D eigenvalue weighted by atomic mass is 19.4. The van der Waals surface area contributed by atoms with Crippen LogP contribution in [-0.2, 0) is 6.18 Å². The van der Waals surface area contributed by atoms with E-state index in [2.05, 4.69) is 15.3 Å². The number of piperazine rings is 1. The third-order valence-corrected chi connectivity index (χ3v) is 4.51. The fourth-order valence-corrected chi connectivity index (χ4v) is 3.19. The lowest BCUT2D eigenvalue weighted by molar-refractivity contribution is -0.140. The Bertz CT molecular complexity index is 930. The Balaban J connectivity index is 1.97. The topological polar surface area (TPSA) is 81.9 Å². The number of carbonyl (C=O) groups is 1. The summed E-state index contributed by atoms with van der Waals surface area (Å²) >= 11 is 0. The molecule has 1 saturated heterocycles. The molecule has 0 saturated carbocycles. The fourth-order valence-electron chi connectivity index (χ4n) is 3.19. The first-order valence-electron chi connectivity index (χ1n) is 8.80. The number of carbonyl (C=O) groups excluding carboxylic acids is 1. The van der Waals surface area contributed by atoms with Crippen LogP contribution in [0.4, 0.5) is 38.0 Å². The molecule has 1 aliphatic rings. The molecular formula is C18H16F6N5O. The first-order valence-corrected chi connectivity index (χ1v) is 8.80. The number of hydrogen-bond donors (Lipinski definition) is 1. The van der Waals surface area contributed by atoms with Gasteiger partial charge in [-0.25, -0.2) is 9.97 Å². The van der Waals surface area contributed by atoms with Crippen molar-refractivity contribution in [1.29, 1.82) is 0 Å². The van der Waals surface area contributed by atoms with Gasteiger partial charge in [-0.1, -0.05) is 0 Å². The van der Waals surface area contributed by atoms with Crippen molar-refractivity contribution in [1.82, 2.24) is 21.0 Å². The molecule has 0 aliphatic carbocycles. The molecule has 0 spiro atoms. The number of pyridine rings is 2. The molecule has 0 bridgehead atoms. The van der Waals surface area contributed by atoms with Gasteiger partial charge in [0.25, 0.3) is 0 Å². The summed E-state index contributed by atoms with van der Waals surface area (Å²) in [5, 5.41) is 2.71. The molecule has 1 radical (unpaired) electrons. The summed E-state index contributed by atoms with van der Waals surface area (Å²) in [6.07, 6.45) is -9.17. The minimum Gasteiger partial charge on any atom is -0.354 e. The molecule has 6 nitrogen and oxygen atoms in total. The van der Waals surface area contributed by atoms with Crippen LogP contribution in [0.2, 0.25) is 0 Å². The number of alkyl halides is 6. The Morgan fingerprint density at radius 3 is 2.57 bits per heavy atom. The van der Waals surface area contributed by atoms with Crippen LogP contribution in [0.25, 0.3) is 0 Å². The standard InChI is InChI=1S/C18H16F6N5O/c19-17(20,21)8-10-9-29(7-6-26-10)13-4-3-12(18(22,23)24)14(28-13)15(30)11-2-1-5-27-16(11)25/h1-5,10,25-26H,6-9H2. The summed E-state index contributed by atoms with van der Waals surface area (Å²) in [6.45, 7) is 0.241. The van der Waals surface area contributed by atoms with Crippen LogP contribution in [0.5, 0.6) is 0 Å². The van der Waals surface area contributed by atoms with Crippen LogP contribution in [0, 0.1) is 0 Å².